The highest BCUT2D eigenvalue weighted by molar-refractivity contribution is 5.79. The number of aliphatic hydroxyl groups excluding tert-OH is 1. The number of hydrogen-bond donors (Lipinski definition) is 2. The Morgan fingerprint density at radius 1 is 1.32 bits per heavy atom. The Balaban J connectivity index is 1.81. The Hall–Kier alpha value is -1.12. The first-order valence-corrected chi connectivity index (χ1v) is 7.26. The summed E-state index contributed by atoms with van der Waals surface area (Å²) in [5, 5.41) is 21.7. The van der Waals surface area contributed by atoms with Crippen molar-refractivity contribution < 1.29 is 9.90 Å². The molecule has 0 spiro atoms. The standard InChI is InChI=1S/C14H23N3O2/c15-11-14(6-2-1-3-7-14)16-13(19)10-17-8-4-12(18)5-9-17/h12,18H,1-10H2,(H,16,19). The van der Waals surface area contributed by atoms with Crippen molar-refractivity contribution in [1.82, 2.24) is 10.2 Å². The van der Waals surface area contributed by atoms with Crippen LogP contribution in [0.15, 0.2) is 0 Å². The van der Waals surface area contributed by atoms with E-state index in [9.17, 15) is 15.2 Å². The van der Waals surface area contributed by atoms with Crippen LogP contribution in [0.5, 0.6) is 0 Å². The van der Waals surface area contributed by atoms with Crippen LogP contribution in [-0.4, -0.2) is 47.2 Å². The lowest BCUT2D eigenvalue weighted by Crippen LogP contribution is -2.52. The van der Waals surface area contributed by atoms with Gasteiger partial charge in [0.15, 0.2) is 0 Å². The smallest absolute Gasteiger partial charge is 0.235 e. The van der Waals surface area contributed by atoms with Crippen LogP contribution in [0.25, 0.3) is 0 Å². The maximum atomic E-state index is 12.1. The predicted molar refractivity (Wildman–Crippen MR) is 71.3 cm³/mol. The van der Waals surface area contributed by atoms with Crippen LogP contribution < -0.4 is 5.32 Å². The van der Waals surface area contributed by atoms with Gasteiger partial charge in [0, 0.05) is 13.1 Å². The first-order valence-electron chi connectivity index (χ1n) is 7.26. The fraction of sp³-hybridized carbons (Fsp3) is 0.857. The molecule has 1 aliphatic heterocycles. The van der Waals surface area contributed by atoms with Crippen molar-refractivity contribution in [3.05, 3.63) is 0 Å². The van der Waals surface area contributed by atoms with Crippen LogP contribution in [0, 0.1) is 11.3 Å². The van der Waals surface area contributed by atoms with Crippen molar-refractivity contribution in [3.63, 3.8) is 0 Å². The van der Waals surface area contributed by atoms with E-state index in [0.717, 1.165) is 58.0 Å². The molecule has 1 aliphatic carbocycles. The van der Waals surface area contributed by atoms with Crippen LogP contribution in [0.2, 0.25) is 0 Å². The lowest BCUT2D eigenvalue weighted by Gasteiger charge is -2.33. The number of hydrogen-bond acceptors (Lipinski definition) is 4. The summed E-state index contributed by atoms with van der Waals surface area (Å²) in [5.41, 5.74) is -0.634. The zero-order valence-electron chi connectivity index (χ0n) is 11.4. The SMILES string of the molecule is N#CC1(NC(=O)CN2CCC(O)CC2)CCCCC1. The molecule has 0 unspecified atom stereocenters. The molecule has 0 radical (unpaired) electrons. The first-order chi connectivity index (χ1) is 9.13. The molecule has 5 heteroatoms. The van der Waals surface area contributed by atoms with E-state index in [4.69, 9.17) is 0 Å². The second-order valence-electron chi connectivity index (χ2n) is 5.81. The van der Waals surface area contributed by atoms with Gasteiger partial charge in [0.2, 0.25) is 5.91 Å². The summed E-state index contributed by atoms with van der Waals surface area (Å²) >= 11 is 0. The molecule has 2 N–H and O–H groups in total. The van der Waals surface area contributed by atoms with E-state index in [-0.39, 0.29) is 12.0 Å². The molecule has 0 atom stereocenters. The number of nitrogens with zero attached hydrogens (tertiary/aromatic N) is 2. The van der Waals surface area contributed by atoms with Gasteiger partial charge in [-0.15, -0.1) is 0 Å². The van der Waals surface area contributed by atoms with E-state index in [1.807, 2.05) is 0 Å². The Morgan fingerprint density at radius 2 is 1.95 bits per heavy atom. The second-order valence-corrected chi connectivity index (χ2v) is 5.81. The third kappa shape index (κ3) is 3.92. The third-order valence-electron chi connectivity index (χ3n) is 4.22. The van der Waals surface area contributed by atoms with Gasteiger partial charge in [0.05, 0.1) is 18.7 Å². The Morgan fingerprint density at radius 3 is 2.53 bits per heavy atom. The summed E-state index contributed by atoms with van der Waals surface area (Å²) in [7, 11) is 0. The van der Waals surface area contributed by atoms with Gasteiger partial charge in [-0.3, -0.25) is 9.69 Å². The fourth-order valence-electron chi connectivity index (χ4n) is 3.01. The molecule has 1 saturated carbocycles. The van der Waals surface area contributed by atoms with Gasteiger partial charge in [0.1, 0.15) is 5.54 Å². The minimum absolute atomic E-state index is 0.0557. The van der Waals surface area contributed by atoms with Gasteiger partial charge in [-0.25, -0.2) is 0 Å². The summed E-state index contributed by atoms with van der Waals surface area (Å²) < 4.78 is 0. The number of aliphatic hydroxyl groups is 1. The maximum Gasteiger partial charge on any atom is 0.235 e. The molecule has 106 valence electrons. The molecule has 19 heavy (non-hydrogen) atoms. The maximum absolute atomic E-state index is 12.1. The molecule has 1 saturated heterocycles. The highest BCUT2D eigenvalue weighted by Crippen LogP contribution is 2.27. The van der Waals surface area contributed by atoms with Crippen LogP contribution in [-0.2, 0) is 4.79 Å². The summed E-state index contributed by atoms with van der Waals surface area (Å²) in [4.78, 5) is 14.1. The Kier molecular flexibility index (Phi) is 4.78. The second kappa shape index (κ2) is 6.36. The normalized spacial score (nSPS) is 24.6. The van der Waals surface area contributed by atoms with Crippen LogP contribution >= 0.6 is 0 Å². The third-order valence-corrected chi connectivity index (χ3v) is 4.22. The molecule has 2 fully saturated rings. The predicted octanol–water partition coefficient (Wildman–Crippen LogP) is 0.786. The lowest BCUT2D eigenvalue weighted by atomic mass is 9.83. The van der Waals surface area contributed by atoms with Gasteiger partial charge in [-0.1, -0.05) is 19.3 Å². The Labute approximate surface area is 114 Å². The number of nitrogens with one attached hydrogen (secondary N) is 1. The van der Waals surface area contributed by atoms with Crippen molar-refractivity contribution >= 4 is 5.91 Å². The highest BCUT2D eigenvalue weighted by atomic mass is 16.3. The summed E-state index contributed by atoms with van der Waals surface area (Å²) in [6.07, 6.45) is 5.98. The number of nitriles is 1. The molecule has 0 aromatic rings. The number of carbonyl (C=O) groups excluding carboxylic acids is 1. The van der Waals surface area contributed by atoms with Gasteiger partial charge < -0.3 is 10.4 Å². The zero-order valence-corrected chi connectivity index (χ0v) is 11.4. The average Bonchev–Trinajstić information content (AvgIpc) is 2.42. The van der Waals surface area contributed by atoms with Crippen molar-refractivity contribution in [2.75, 3.05) is 19.6 Å². The molecular formula is C14H23N3O2. The quantitative estimate of drug-likeness (QED) is 0.791. The van der Waals surface area contributed by atoms with Gasteiger partial charge >= 0.3 is 0 Å². The molecular weight excluding hydrogens is 242 g/mol. The largest absolute Gasteiger partial charge is 0.393 e. The van der Waals surface area contributed by atoms with Crippen molar-refractivity contribution in [1.29, 1.82) is 5.26 Å². The molecule has 1 heterocycles. The lowest BCUT2D eigenvalue weighted by molar-refractivity contribution is -0.124. The van der Waals surface area contributed by atoms with Crippen LogP contribution in [0.1, 0.15) is 44.9 Å². The summed E-state index contributed by atoms with van der Waals surface area (Å²) in [5.74, 6) is -0.0557. The molecule has 0 bridgehead atoms. The number of likely N-dealkylation sites (tertiary alicyclic amines) is 1. The van der Waals surface area contributed by atoms with Crippen molar-refractivity contribution in [2.45, 2.75) is 56.6 Å². The minimum atomic E-state index is -0.634. The van der Waals surface area contributed by atoms with Gasteiger partial charge in [0.25, 0.3) is 0 Å². The molecule has 0 aromatic carbocycles. The number of carbonyl (C=O) groups is 1. The zero-order chi connectivity index (χ0) is 13.7. The highest BCUT2D eigenvalue weighted by Gasteiger charge is 2.34. The molecule has 2 rings (SSSR count). The van der Waals surface area contributed by atoms with E-state index in [1.165, 1.54) is 0 Å². The topological polar surface area (TPSA) is 76.4 Å². The Bertz CT molecular complexity index is 350. The average molecular weight is 265 g/mol. The molecule has 0 aromatic heterocycles. The summed E-state index contributed by atoms with van der Waals surface area (Å²) in [6, 6.07) is 2.30. The van der Waals surface area contributed by atoms with Crippen LogP contribution in [0.3, 0.4) is 0 Å². The first kappa shape index (κ1) is 14.3. The number of piperidine rings is 1. The van der Waals surface area contributed by atoms with E-state index >= 15 is 0 Å². The van der Waals surface area contributed by atoms with Crippen molar-refractivity contribution in [2.24, 2.45) is 0 Å². The van der Waals surface area contributed by atoms with Gasteiger partial charge in [-0.2, -0.15) is 5.26 Å². The van der Waals surface area contributed by atoms with E-state index in [2.05, 4.69) is 16.3 Å². The molecule has 5 nitrogen and oxygen atoms in total. The number of rotatable bonds is 3. The monoisotopic (exact) mass is 265 g/mol. The van der Waals surface area contributed by atoms with Gasteiger partial charge in [-0.05, 0) is 25.7 Å². The molecule has 1 amide bonds. The summed E-state index contributed by atoms with van der Waals surface area (Å²) in [6.45, 7) is 1.86. The fourth-order valence-corrected chi connectivity index (χ4v) is 3.01. The molecule has 2 aliphatic rings. The van der Waals surface area contributed by atoms with E-state index in [1.54, 1.807) is 0 Å². The number of amides is 1. The minimum Gasteiger partial charge on any atom is -0.393 e. The van der Waals surface area contributed by atoms with E-state index in [0.29, 0.717) is 6.54 Å². The van der Waals surface area contributed by atoms with Crippen LogP contribution in [0.4, 0.5) is 0 Å². The van der Waals surface area contributed by atoms with E-state index < -0.39 is 5.54 Å². The van der Waals surface area contributed by atoms with Crippen molar-refractivity contribution in [3.8, 4) is 6.07 Å².